The Labute approximate surface area is 149 Å². The minimum Gasteiger partial charge on any atom is -0.258 e. The first-order valence-electron chi connectivity index (χ1n) is 7.08. The van der Waals surface area contributed by atoms with E-state index in [1.54, 1.807) is 6.07 Å². The van der Waals surface area contributed by atoms with Crippen LogP contribution in [0.25, 0.3) is 21.5 Å². The smallest absolute Gasteiger partial charge is 0.258 e. The monoisotopic (exact) mass is 363 g/mol. The van der Waals surface area contributed by atoms with Crippen LogP contribution in [0.5, 0.6) is 0 Å². The third-order valence-electron chi connectivity index (χ3n) is 3.99. The number of fused-ring (bicyclic) bond motifs is 3. The minimum absolute atomic E-state index is 0.0260. The van der Waals surface area contributed by atoms with E-state index in [2.05, 4.69) is 4.85 Å². The molecule has 2 aromatic carbocycles. The summed E-state index contributed by atoms with van der Waals surface area (Å²) in [5, 5.41) is 43.0. The van der Waals surface area contributed by atoms with Gasteiger partial charge in [-0.15, -0.1) is 0 Å². The summed E-state index contributed by atoms with van der Waals surface area (Å²) < 4.78 is 0. The molecule has 0 bridgehead atoms. The first-order valence-corrected chi connectivity index (χ1v) is 7.08. The lowest BCUT2D eigenvalue weighted by molar-refractivity contribution is -0.393. The highest BCUT2D eigenvalue weighted by Gasteiger charge is 2.36. The molecule has 1 aliphatic carbocycles. The Bertz CT molecular complexity index is 1170. The van der Waals surface area contributed by atoms with Crippen LogP contribution in [0.15, 0.2) is 36.0 Å². The summed E-state index contributed by atoms with van der Waals surface area (Å²) in [6, 6.07) is 6.90. The van der Waals surface area contributed by atoms with Crippen molar-refractivity contribution >= 4 is 22.6 Å². The Hall–Kier alpha value is -4.64. The Morgan fingerprint density at radius 2 is 1.56 bits per heavy atom. The third kappa shape index (κ3) is 2.52. The molecule has 130 valence electrons. The Kier molecular flexibility index (Phi) is 3.83. The van der Waals surface area contributed by atoms with Gasteiger partial charge < -0.3 is 0 Å². The highest BCUT2D eigenvalue weighted by atomic mass is 16.6. The van der Waals surface area contributed by atoms with Crippen LogP contribution in [0.1, 0.15) is 11.1 Å². The molecule has 0 amide bonds. The van der Waals surface area contributed by atoms with Crippen molar-refractivity contribution in [2.75, 3.05) is 0 Å². The number of hydrogen-bond acceptors (Lipinski definition) is 7. The minimum atomic E-state index is -0.833. The van der Waals surface area contributed by atoms with Gasteiger partial charge in [0.2, 0.25) is 0 Å². The van der Waals surface area contributed by atoms with E-state index in [1.807, 2.05) is 0 Å². The van der Waals surface area contributed by atoms with Gasteiger partial charge in [0, 0.05) is 23.8 Å². The number of benzene rings is 2. The van der Waals surface area contributed by atoms with Crippen molar-refractivity contribution in [2.45, 2.75) is 0 Å². The molecule has 0 unspecified atom stereocenters. The van der Waals surface area contributed by atoms with E-state index in [9.17, 15) is 35.6 Å². The van der Waals surface area contributed by atoms with Crippen molar-refractivity contribution in [3.63, 3.8) is 0 Å². The fourth-order valence-corrected chi connectivity index (χ4v) is 2.95. The second-order valence-corrected chi connectivity index (χ2v) is 5.34. The molecule has 11 nitrogen and oxygen atoms in total. The van der Waals surface area contributed by atoms with E-state index in [0.29, 0.717) is 0 Å². The number of non-ortho nitro benzene ring substituents is 2. The molecule has 0 fully saturated rings. The summed E-state index contributed by atoms with van der Waals surface area (Å²) in [7, 11) is 0. The zero-order chi connectivity index (χ0) is 19.9. The summed E-state index contributed by atoms with van der Waals surface area (Å²) in [5.41, 5.74) is -1.95. The lowest BCUT2D eigenvalue weighted by Crippen LogP contribution is -1.97. The number of rotatable bonds is 3. The van der Waals surface area contributed by atoms with Crippen molar-refractivity contribution in [2.24, 2.45) is 0 Å². The summed E-state index contributed by atoms with van der Waals surface area (Å²) in [6.07, 6.45) is 0. The van der Waals surface area contributed by atoms with Crippen molar-refractivity contribution in [1.82, 2.24) is 0 Å². The van der Waals surface area contributed by atoms with Crippen LogP contribution >= 0.6 is 0 Å². The van der Waals surface area contributed by atoms with Gasteiger partial charge in [-0.25, -0.2) is 10.1 Å². The van der Waals surface area contributed by atoms with E-state index in [-0.39, 0.29) is 33.5 Å². The Morgan fingerprint density at radius 1 is 0.926 bits per heavy atom. The van der Waals surface area contributed by atoms with Gasteiger partial charge in [0.25, 0.3) is 22.8 Å². The molecule has 0 radical (unpaired) electrons. The van der Waals surface area contributed by atoms with Gasteiger partial charge in [-0.2, -0.15) is 0 Å². The number of hydrogen-bond donors (Lipinski definition) is 0. The summed E-state index contributed by atoms with van der Waals surface area (Å²) in [5.74, 6) is 0. The fraction of sp³-hybridized carbons (Fsp3) is 0. The number of nitro groups is 3. The summed E-state index contributed by atoms with van der Waals surface area (Å²) in [6.45, 7) is 7.17. The highest BCUT2D eigenvalue weighted by molar-refractivity contribution is 6.07. The molecule has 0 aliphatic heterocycles. The van der Waals surface area contributed by atoms with Gasteiger partial charge in [0.1, 0.15) is 0 Å². The quantitative estimate of drug-likeness (QED) is 0.297. The number of nitro benzene ring substituents is 3. The average Bonchev–Trinajstić information content (AvgIpc) is 2.95. The van der Waals surface area contributed by atoms with Crippen molar-refractivity contribution in [3.8, 4) is 17.2 Å². The summed E-state index contributed by atoms with van der Waals surface area (Å²) >= 11 is 0. The lowest BCUT2D eigenvalue weighted by Gasteiger charge is -2.03. The molecule has 0 aromatic heterocycles. The van der Waals surface area contributed by atoms with Crippen LogP contribution in [-0.2, 0) is 0 Å². The molecular formula is C16H5N5O6. The largest absolute Gasteiger partial charge is 0.284 e. The topological polar surface area (TPSA) is 158 Å². The van der Waals surface area contributed by atoms with Crippen LogP contribution in [0.4, 0.5) is 17.1 Å². The molecule has 27 heavy (non-hydrogen) atoms. The van der Waals surface area contributed by atoms with E-state index in [4.69, 9.17) is 6.57 Å². The van der Waals surface area contributed by atoms with Crippen LogP contribution < -0.4 is 0 Å². The highest BCUT2D eigenvalue weighted by Crippen LogP contribution is 2.51. The maximum atomic E-state index is 11.5. The van der Waals surface area contributed by atoms with E-state index >= 15 is 0 Å². The maximum Gasteiger partial charge on any atom is 0.284 e. The number of nitrogens with zero attached hydrogens (tertiary/aromatic N) is 5. The summed E-state index contributed by atoms with van der Waals surface area (Å²) in [4.78, 5) is 34.4. The Balaban J connectivity index is 2.53. The fourth-order valence-electron chi connectivity index (χ4n) is 2.95. The molecule has 0 atom stereocenters. The standard InChI is InChI=1S/C16H5N5O6/c1-18-13(7-17)15-11-4-8(19(22)23)2-3-10(11)16-12(15)5-9(20(24)25)6-14(16)21(26)27/h2-6H. The second-order valence-electron chi connectivity index (χ2n) is 5.34. The number of nitriles is 1. The zero-order valence-corrected chi connectivity index (χ0v) is 13.1. The molecule has 2 aromatic rings. The van der Waals surface area contributed by atoms with Crippen LogP contribution in [-0.4, -0.2) is 14.8 Å². The van der Waals surface area contributed by atoms with Gasteiger partial charge in [-0.1, -0.05) is 0 Å². The normalized spacial score (nSPS) is 13.0. The molecule has 0 saturated heterocycles. The maximum absolute atomic E-state index is 11.5. The Morgan fingerprint density at radius 3 is 2.07 bits per heavy atom. The second kappa shape index (κ2) is 6.02. The predicted octanol–water partition coefficient (Wildman–Crippen LogP) is 3.59. The van der Waals surface area contributed by atoms with Gasteiger partial charge in [0.05, 0.1) is 39.0 Å². The van der Waals surface area contributed by atoms with Gasteiger partial charge in [-0.05, 0) is 22.8 Å². The lowest BCUT2D eigenvalue weighted by atomic mass is 10.0. The van der Waals surface area contributed by atoms with Crippen molar-refractivity contribution < 1.29 is 14.8 Å². The van der Waals surface area contributed by atoms with E-state index < -0.39 is 31.8 Å². The average molecular weight is 363 g/mol. The molecule has 1 aliphatic rings. The van der Waals surface area contributed by atoms with E-state index in [1.165, 1.54) is 6.07 Å². The molecule has 0 saturated carbocycles. The van der Waals surface area contributed by atoms with Crippen molar-refractivity contribution in [1.29, 1.82) is 5.26 Å². The van der Waals surface area contributed by atoms with Crippen LogP contribution in [0, 0.1) is 48.2 Å². The number of allylic oxidation sites excluding steroid dienone is 1. The molecule has 0 N–H and O–H groups in total. The van der Waals surface area contributed by atoms with Gasteiger partial charge in [-0.3, -0.25) is 30.3 Å². The first-order chi connectivity index (χ1) is 12.8. The third-order valence-corrected chi connectivity index (χ3v) is 3.99. The van der Waals surface area contributed by atoms with Crippen molar-refractivity contribution in [3.05, 3.63) is 88.9 Å². The van der Waals surface area contributed by atoms with Gasteiger partial charge in [0.15, 0.2) is 0 Å². The molecule has 3 rings (SSSR count). The van der Waals surface area contributed by atoms with Crippen LogP contribution in [0.2, 0.25) is 0 Å². The molecule has 11 heteroatoms. The zero-order valence-electron chi connectivity index (χ0n) is 13.1. The van der Waals surface area contributed by atoms with Crippen LogP contribution in [0.3, 0.4) is 0 Å². The molecular weight excluding hydrogens is 358 g/mol. The first kappa shape index (κ1) is 17.2. The SMILES string of the molecule is [C-]#[N+]C(C#N)=C1c2cc([N+](=O)[O-])ccc2-c2c1cc([N+](=O)[O-])cc2[N+](=O)[O-]. The molecule has 0 heterocycles. The molecule has 0 spiro atoms. The van der Waals surface area contributed by atoms with E-state index in [0.717, 1.165) is 24.3 Å². The predicted molar refractivity (Wildman–Crippen MR) is 90.1 cm³/mol. The van der Waals surface area contributed by atoms with Gasteiger partial charge >= 0.3 is 0 Å².